The zero-order valence-electron chi connectivity index (χ0n) is 8.85. The van der Waals surface area contributed by atoms with Crippen molar-refractivity contribution in [3.63, 3.8) is 0 Å². The number of hydrogen-bond donors (Lipinski definition) is 1. The minimum atomic E-state index is -0.127. The van der Waals surface area contributed by atoms with Gasteiger partial charge in [0, 0.05) is 19.1 Å². The maximum absolute atomic E-state index is 9.21. The molecule has 1 aliphatic heterocycles. The Balaban J connectivity index is 2.14. The first-order valence-electron chi connectivity index (χ1n) is 5.20. The predicted molar refractivity (Wildman–Crippen MR) is 59.2 cm³/mol. The smallest absolute Gasteiger partial charge is 0.123 e. The second-order valence-electron chi connectivity index (χ2n) is 3.92. The largest absolute Gasteiger partial charge is 0.314 e. The van der Waals surface area contributed by atoms with Crippen molar-refractivity contribution >= 4 is 0 Å². The lowest BCUT2D eigenvalue weighted by molar-refractivity contribution is 0.153. The van der Waals surface area contributed by atoms with E-state index in [-0.39, 0.29) is 6.04 Å². The molecule has 0 aromatic heterocycles. The summed E-state index contributed by atoms with van der Waals surface area (Å²) in [6.45, 7) is 1.98. The topological polar surface area (TPSA) is 39.1 Å². The molecule has 0 bridgehead atoms. The van der Waals surface area contributed by atoms with E-state index in [0.29, 0.717) is 6.04 Å². The summed E-state index contributed by atoms with van der Waals surface area (Å²) in [4.78, 5) is 2.14. The molecule has 1 fully saturated rings. The number of rotatable bonds is 3. The Hall–Kier alpha value is -1.37. The summed E-state index contributed by atoms with van der Waals surface area (Å²) in [5.41, 5.74) is 1.08. The molecule has 3 nitrogen and oxygen atoms in total. The summed E-state index contributed by atoms with van der Waals surface area (Å²) < 4.78 is 0. The minimum absolute atomic E-state index is 0.127. The van der Waals surface area contributed by atoms with Crippen LogP contribution in [0.1, 0.15) is 11.6 Å². The van der Waals surface area contributed by atoms with Gasteiger partial charge in [0.1, 0.15) is 6.04 Å². The molecular formula is C12H15N3. The van der Waals surface area contributed by atoms with E-state index in [0.717, 1.165) is 18.7 Å². The van der Waals surface area contributed by atoms with E-state index >= 15 is 0 Å². The molecular weight excluding hydrogens is 186 g/mol. The molecule has 1 N–H and O–H groups in total. The summed E-state index contributed by atoms with van der Waals surface area (Å²) in [5.74, 6) is 0. The molecule has 3 heteroatoms. The van der Waals surface area contributed by atoms with Gasteiger partial charge >= 0.3 is 0 Å². The fraction of sp³-hybridized carbons (Fsp3) is 0.417. The van der Waals surface area contributed by atoms with E-state index < -0.39 is 0 Å². The van der Waals surface area contributed by atoms with Gasteiger partial charge in [-0.15, -0.1) is 0 Å². The lowest BCUT2D eigenvalue weighted by Crippen LogP contribution is -2.56. The van der Waals surface area contributed by atoms with Gasteiger partial charge in [0.25, 0.3) is 0 Å². The van der Waals surface area contributed by atoms with Crippen LogP contribution in [0.4, 0.5) is 0 Å². The second-order valence-corrected chi connectivity index (χ2v) is 3.92. The fourth-order valence-corrected chi connectivity index (χ4v) is 1.81. The first-order valence-corrected chi connectivity index (χ1v) is 5.20. The van der Waals surface area contributed by atoms with Crippen molar-refractivity contribution in [3.8, 4) is 6.07 Å². The average molecular weight is 201 g/mol. The fourth-order valence-electron chi connectivity index (χ4n) is 1.81. The quantitative estimate of drug-likeness (QED) is 0.797. The van der Waals surface area contributed by atoms with Crippen LogP contribution in [-0.2, 0) is 0 Å². The highest BCUT2D eigenvalue weighted by atomic mass is 15.2. The highest BCUT2D eigenvalue weighted by Crippen LogP contribution is 2.21. The zero-order chi connectivity index (χ0) is 10.7. The van der Waals surface area contributed by atoms with Crippen molar-refractivity contribution < 1.29 is 0 Å². The first-order chi connectivity index (χ1) is 7.33. The molecule has 2 rings (SSSR count). The Morgan fingerprint density at radius 2 is 2.07 bits per heavy atom. The molecule has 0 radical (unpaired) electrons. The molecule has 0 spiro atoms. The Morgan fingerprint density at radius 1 is 1.40 bits per heavy atom. The predicted octanol–water partition coefficient (Wildman–Crippen LogP) is 1.15. The number of nitriles is 1. The zero-order valence-corrected chi connectivity index (χ0v) is 8.85. The van der Waals surface area contributed by atoms with Gasteiger partial charge in [0.05, 0.1) is 6.07 Å². The van der Waals surface area contributed by atoms with Crippen molar-refractivity contribution in [2.75, 3.05) is 20.1 Å². The van der Waals surface area contributed by atoms with E-state index in [9.17, 15) is 5.26 Å². The number of likely N-dealkylation sites (N-methyl/N-ethyl adjacent to an activating group) is 1. The standard InChI is InChI=1S/C12H15N3/c1-15(11-8-14-9-11)12(7-13)10-5-3-2-4-6-10/h2-6,11-12,14H,8-9H2,1H3/t12-/m0/s1. The summed E-state index contributed by atoms with van der Waals surface area (Å²) >= 11 is 0. The normalized spacial score (nSPS) is 18.2. The highest BCUT2D eigenvalue weighted by Gasteiger charge is 2.27. The molecule has 15 heavy (non-hydrogen) atoms. The Labute approximate surface area is 90.3 Å². The van der Waals surface area contributed by atoms with Crippen LogP contribution in [0.3, 0.4) is 0 Å². The number of nitrogens with zero attached hydrogens (tertiary/aromatic N) is 2. The third-order valence-electron chi connectivity index (χ3n) is 2.98. The number of benzene rings is 1. The van der Waals surface area contributed by atoms with Gasteiger partial charge < -0.3 is 5.32 Å². The van der Waals surface area contributed by atoms with Crippen molar-refractivity contribution in [2.45, 2.75) is 12.1 Å². The maximum atomic E-state index is 9.21. The molecule has 1 saturated heterocycles. The third kappa shape index (κ3) is 2.01. The van der Waals surface area contributed by atoms with E-state index in [1.165, 1.54) is 0 Å². The van der Waals surface area contributed by atoms with Crippen molar-refractivity contribution in [1.29, 1.82) is 5.26 Å². The molecule has 0 aliphatic carbocycles. The van der Waals surface area contributed by atoms with Crippen LogP contribution in [0.15, 0.2) is 30.3 Å². The van der Waals surface area contributed by atoms with Crippen LogP contribution in [0, 0.1) is 11.3 Å². The van der Waals surface area contributed by atoms with Gasteiger partial charge in [-0.1, -0.05) is 30.3 Å². The van der Waals surface area contributed by atoms with Crippen molar-refractivity contribution in [1.82, 2.24) is 10.2 Å². The molecule has 1 aromatic rings. The molecule has 0 amide bonds. The summed E-state index contributed by atoms with van der Waals surface area (Å²) in [7, 11) is 2.02. The van der Waals surface area contributed by atoms with Gasteiger partial charge in [-0.2, -0.15) is 5.26 Å². The van der Waals surface area contributed by atoms with Crippen LogP contribution < -0.4 is 5.32 Å². The molecule has 1 heterocycles. The monoisotopic (exact) mass is 201 g/mol. The molecule has 1 atom stereocenters. The van der Waals surface area contributed by atoms with E-state index in [2.05, 4.69) is 16.3 Å². The Kier molecular flexibility index (Phi) is 3.00. The molecule has 78 valence electrons. The van der Waals surface area contributed by atoms with Gasteiger partial charge in [-0.25, -0.2) is 0 Å². The van der Waals surface area contributed by atoms with Crippen LogP contribution >= 0.6 is 0 Å². The number of hydrogen-bond acceptors (Lipinski definition) is 3. The van der Waals surface area contributed by atoms with Gasteiger partial charge in [-0.3, -0.25) is 4.90 Å². The van der Waals surface area contributed by atoms with Gasteiger partial charge in [0.2, 0.25) is 0 Å². The Morgan fingerprint density at radius 3 is 2.53 bits per heavy atom. The summed E-state index contributed by atoms with van der Waals surface area (Å²) in [5, 5.41) is 12.4. The van der Waals surface area contributed by atoms with E-state index in [1.54, 1.807) is 0 Å². The summed E-state index contributed by atoms with van der Waals surface area (Å²) in [6.07, 6.45) is 0. The first kappa shape index (κ1) is 10.2. The molecule has 0 saturated carbocycles. The van der Waals surface area contributed by atoms with E-state index in [4.69, 9.17) is 0 Å². The van der Waals surface area contributed by atoms with Crippen molar-refractivity contribution in [3.05, 3.63) is 35.9 Å². The van der Waals surface area contributed by atoms with E-state index in [1.807, 2.05) is 37.4 Å². The van der Waals surface area contributed by atoms with Crippen LogP contribution in [0.25, 0.3) is 0 Å². The minimum Gasteiger partial charge on any atom is -0.314 e. The van der Waals surface area contributed by atoms with Gasteiger partial charge in [0.15, 0.2) is 0 Å². The number of nitrogens with one attached hydrogen (secondary N) is 1. The van der Waals surface area contributed by atoms with Gasteiger partial charge in [-0.05, 0) is 12.6 Å². The van der Waals surface area contributed by atoms with Crippen LogP contribution in [-0.4, -0.2) is 31.1 Å². The maximum Gasteiger partial charge on any atom is 0.123 e. The van der Waals surface area contributed by atoms with Crippen LogP contribution in [0.5, 0.6) is 0 Å². The molecule has 1 aliphatic rings. The SMILES string of the molecule is CN(C1CNC1)[C@@H](C#N)c1ccccc1. The third-order valence-corrected chi connectivity index (χ3v) is 2.98. The lowest BCUT2D eigenvalue weighted by Gasteiger charge is -2.38. The average Bonchev–Trinajstić information content (AvgIpc) is 2.18. The molecule has 1 aromatic carbocycles. The van der Waals surface area contributed by atoms with Crippen molar-refractivity contribution in [2.24, 2.45) is 0 Å². The van der Waals surface area contributed by atoms with Crippen LogP contribution in [0.2, 0.25) is 0 Å². The lowest BCUT2D eigenvalue weighted by atomic mass is 10.0. The Bertz CT molecular complexity index is 351. The summed E-state index contributed by atoms with van der Waals surface area (Å²) in [6, 6.07) is 12.7. The highest BCUT2D eigenvalue weighted by molar-refractivity contribution is 5.24. The second kappa shape index (κ2) is 4.43. The molecule has 0 unspecified atom stereocenters.